The second kappa shape index (κ2) is 3.10. The first kappa shape index (κ1) is 8.97. The first-order valence-corrected chi connectivity index (χ1v) is 4.88. The molecule has 0 aliphatic carbocycles. The molecule has 0 saturated carbocycles. The number of phenols is 1. The molecule has 78 valence electrons. The molecule has 0 aliphatic heterocycles. The summed E-state index contributed by atoms with van der Waals surface area (Å²) in [6.45, 7) is 0. The molecule has 3 heteroatoms. The van der Waals surface area contributed by atoms with Crippen LogP contribution in [0.2, 0.25) is 0 Å². The van der Waals surface area contributed by atoms with Crippen molar-refractivity contribution in [2.45, 2.75) is 0 Å². The van der Waals surface area contributed by atoms with Crippen LogP contribution in [0.4, 0.5) is 0 Å². The fourth-order valence-electron chi connectivity index (χ4n) is 1.95. The van der Waals surface area contributed by atoms with Crippen molar-refractivity contribution in [2.75, 3.05) is 0 Å². The van der Waals surface area contributed by atoms with Gasteiger partial charge >= 0.3 is 0 Å². The molecule has 0 atom stereocenters. The van der Waals surface area contributed by atoms with E-state index < -0.39 is 0 Å². The molecule has 1 aromatic heterocycles. The molecule has 2 aromatic carbocycles. The summed E-state index contributed by atoms with van der Waals surface area (Å²) in [5.74, 6) is 0.160. The van der Waals surface area contributed by atoms with Gasteiger partial charge in [0, 0.05) is 16.2 Å². The molecule has 0 saturated heterocycles. The number of carbonyl (C=O) groups excluding carboxylic acids is 1. The number of benzene rings is 2. The topological polar surface area (TPSA) is 50.4 Å². The Hall–Kier alpha value is -2.29. The lowest BCUT2D eigenvalue weighted by Crippen LogP contribution is -1.78. The SMILES string of the molecule is O=Cc1coc2c1cc(O)c1ccccc12. The molecule has 0 fully saturated rings. The Bertz CT molecular complexity index is 695. The van der Waals surface area contributed by atoms with Gasteiger partial charge in [0.05, 0.1) is 5.56 Å². The quantitative estimate of drug-likeness (QED) is 0.630. The van der Waals surface area contributed by atoms with Gasteiger partial charge in [-0.05, 0) is 6.07 Å². The number of furan rings is 1. The third-order valence-electron chi connectivity index (χ3n) is 2.72. The number of phenolic OH excluding ortho intramolecular Hbond substituents is 1. The highest BCUT2D eigenvalue weighted by molar-refractivity contribution is 6.11. The van der Waals surface area contributed by atoms with Crippen LogP contribution in [0, 0.1) is 0 Å². The maximum Gasteiger partial charge on any atom is 0.153 e. The summed E-state index contributed by atoms with van der Waals surface area (Å²) >= 11 is 0. The number of hydrogen-bond donors (Lipinski definition) is 1. The van der Waals surface area contributed by atoms with Crippen LogP contribution in [0.3, 0.4) is 0 Å². The number of fused-ring (bicyclic) bond motifs is 3. The zero-order valence-electron chi connectivity index (χ0n) is 8.31. The minimum Gasteiger partial charge on any atom is -0.507 e. The van der Waals surface area contributed by atoms with Gasteiger partial charge in [0.1, 0.15) is 17.6 Å². The number of rotatable bonds is 1. The molecule has 3 aromatic rings. The molecule has 0 amide bonds. The van der Waals surface area contributed by atoms with Gasteiger partial charge in [-0.2, -0.15) is 0 Å². The maximum absolute atomic E-state index is 10.8. The Morgan fingerprint density at radius 2 is 1.88 bits per heavy atom. The minimum atomic E-state index is 0.160. The van der Waals surface area contributed by atoms with E-state index >= 15 is 0 Å². The van der Waals surface area contributed by atoms with E-state index in [0.717, 1.165) is 17.1 Å². The van der Waals surface area contributed by atoms with Crippen LogP contribution in [0.1, 0.15) is 10.4 Å². The van der Waals surface area contributed by atoms with E-state index in [0.29, 0.717) is 16.5 Å². The fourth-order valence-corrected chi connectivity index (χ4v) is 1.95. The molecular weight excluding hydrogens is 204 g/mol. The third-order valence-corrected chi connectivity index (χ3v) is 2.72. The Morgan fingerprint density at radius 1 is 1.12 bits per heavy atom. The zero-order valence-corrected chi connectivity index (χ0v) is 8.31. The van der Waals surface area contributed by atoms with Crippen LogP contribution in [0.5, 0.6) is 5.75 Å². The maximum atomic E-state index is 10.8. The minimum absolute atomic E-state index is 0.160. The first-order valence-electron chi connectivity index (χ1n) is 4.88. The summed E-state index contributed by atoms with van der Waals surface area (Å²) < 4.78 is 5.37. The van der Waals surface area contributed by atoms with E-state index in [1.165, 1.54) is 6.26 Å². The standard InChI is InChI=1S/C13H8O3/c14-6-8-7-16-13-10-4-2-1-3-9(10)12(15)5-11(8)13/h1-7,15H. The van der Waals surface area contributed by atoms with Crippen molar-refractivity contribution in [2.24, 2.45) is 0 Å². The van der Waals surface area contributed by atoms with Gasteiger partial charge in [-0.3, -0.25) is 4.79 Å². The zero-order chi connectivity index (χ0) is 11.1. The van der Waals surface area contributed by atoms with Crippen molar-refractivity contribution < 1.29 is 14.3 Å². The van der Waals surface area contributed by atoms with E-state index in [-0.39, 0.29) is 5.75 Å². The fraction of sp³-hybridized carbons (Fsp3) is 0. The van der Waals surface area contributed by atoms with Crippen LogP contribution < -0.4 is 0 Å². The number of aromatic hydroxyl groups is 1. The summed E-state index contributed by atoms with van der Waals surface area (Å²) in [5.41, 5.74) is 1.09. The van der Waals surface area contributed by atoms with Crippen LogP contribution >= 0.6 is 0 Å². The smallest absolute Gasteiger partial charge is 0.153 e. The van der Waals surface area contributed by atoms with Crippen LogP contribution in [0.15, 0.2) is 41.0 Å². The van der Waals surface area contributed by atoms with E-state index in [1.807, 2.05) is 24.3 Å². The lowest BCUT2D eigenvalue weighted by molar-refractivity contribution is 0.112. The molecule has 16 heavy (non-hydrogen) atoms. The normalized spacial score (nSPS) is 11.0. The van der Waals surface area contributed by atoms with Crippen molar-refractivity contribution in [1.29, 1.82) is 0 Å². The highest BCUT2D eigenvalue weighted by Crippen LogP contribution is 2.34. The van der Waals surface area contributed by atoms with Gasteiger partial charge in [0.15, 0.2) is 6.29 Å². The van der Waals surface area contributed by atoms with E-state index in [4.69, 9.17) is 4.42 Å². The summed E-state index contributed by atoms with van der Waals surface area (Å²) in [6, 6.07) is 8.94. The van der Waals surface area contributed by atoms with Gasteiger partial charge < -0.3 is 9.52 Å². The van der Waals surface area contributed by atoms with E-state index in [2.05, 4.69) is 0 Å². The highest BCUT2D eigenvalue weighted by atomic mass is 16.3. The highest BCUT2D eigenvalue weighted by Gasteiger charge is 2.11. The van der Waals surface area contributed by atoms with Crippen molar-refractivity contribution >= 4 is 28.0 Å². The van der Waals surface area contributed by atoms with E-state index in [1.54, 1.807) is 6.07 Å². The lowest BCUT2D eigenvalue weighted by atomic mass is 10.1. The molecule has 0 unspecified atom stereocenters. The van der Waals surface area contributed by atoms with Gasteiger partial charge in [-0.15, -0.1) is 0 Å². The van der Waals surface area contributed by atoms with Crippen molar-refractivity contribution in [3.05, 3.63) is 42.2 Å². The molecule has 0 radical (unpaired) electrons. The average molecular weight is 212 g/mol. The van der Waals surface area contributed by atoms with Gasteiger partial charge in [-0.1, -0.05) is 24.3 Å². The molecule has 1 N–H and O–H groups in total. The summed E-state index contributed by atoms with van der Waals surface area (Å²) in [5, 5.41) is 12.0. The Labute approximate surface area is 90.9 Å². The second-order valence-corrected chi connectivity index (χ2v) is 3.63. The molecule has 0 bridgehead atoms. The summed E-state index contributed by atoms with van der Waals surface area (Å²) in [6.07, 6.45) is 2.13. The molecule has 0 aliphatic rings. The van der Waals surface area contributed by atoms with Gasteiger partial charge in [0.2, 0.25) is 0 Å². The predicted octanol–water partition coefficient (Wildman–Crippen LogP) is 3.10. The molecule has 1 heterocycles. The van der Waals surface area contributed by atoms with Gasteiger partial charge in [-0.25, -0.2) is 0 Å². The molecular formula is C13H8O3. The number of hydrogen-bond acceptors (Lipinski definition) is 3. The molecule has 3 rings (SSSR count). The predicted molar refractivity (Wildman–Crippen MR) is 60.8 cm³/mol. The summed E-state index contributed by atoms with van der Waals surface area (Å²) in [4.78, 5) is 10.8. The van der Waals surface area contributed by atoms with Crippen molar-refractivity contribution in [3.8, 4) is 5.75 Å². The second-order valence-electron chi connectivity index (χ2n) is 3.63. The first-order chi connectivity index (χ1) is 7.81. The van der Waals surface area contributed by atoms with Gasteiger partial charge in [0.25, 0.3) is 0 Å². The molecule has 0 spiro atoms. The third kappa shape index (κ3) is 1.05. The van der Waals surface area contributed by atoms with Crippen LogP contribution in [-0.4, -0.2) is 11.4 Å². The molecule has 3 nitrogen and oxygen atoms in total. The van der Waals surface area contributed by atoms with Crippen molar-refractivity contribution in [1.82, 2.24) is 0 Å². The number of carbonyl (C=O) groups is 1. The van der Waals surface area contributed by atoms with E-state index in [9.17, 15) is 9.90 Å². The monoisotopic (exact) mass is 212 g/mol. The Morgan fingerprint density at radius 3 is 2.62 bits per heavy atom. The Kier molecular flexibility index (Phi) is 1.74. The summed E-state index contributed by atoms with van der Waals surface area (Å²) in [7, 11) is 0. The van der Waals surface area contributed by atoms with Crippen molar-refractivity contribution in [3.63, 3.8) is 0 Å². The van der Waals surface area contributed by atoms with Crippen LogP contribution in [0.25, 0.3) is 21.7 Å². The lowest BCUT2D eigenvalue weighted by Gasteiger charge is -2.01. The Balaban J connectivity index is 2.60. The van der Waals surface area contributed by atoms with Crippen LogP contribution in [-0.2, 0) is 0 Å². The largest absolute Gasteiger partial charge is 0.507 e. The number of aldehydes is 1. The average Bonchev–Trinajstić information content (AvgIpc) is 2.72.